The molecule has 0 bridgehead atoms. The fourth-order valence-electron chi connectivity index (χ4n) is 2.16. The zero-order chi connectivity index (χ0) is 9.97. The molecule has 1 heterocycles. The number of anilines is 1. The van der Waals surface area contributed by atoms with Crippen LogP contribution in [-0.2, 0) is 0 Å². The number of nitrogens with zero attached hydrogens (tertiary/aromatic N) is 1. The lowest BCUT2D eigenvalue weighted by atomic mass is 10.2. The molecule has 14 heavy (non-hydrogen) atoms. The summed E-state index contributed by atoms with van der Waals surface area (Å²) < 4.78 is 0. The van der Waals surface area contributed by atoms with E-state index in [1.54, 1.807) is 0 Å². The Morgan fingerprint density at radius 1 is 1.36 bits per heavy atom. The van der Waals surface area contributed by atoms with Crippen molar-refractivity contribution in [2.24, 2.45) is 5.73 Å². The molecule has 1 saturated heterocycles. The Morgan fingerprint density at radius 3 is 2.71 bits per heavy atom. The highest BCUT2D eigenvalue weighted by molar-refractivity contribution is 5.49. The number of rotatable bonds is 2. The molecule has 1 atom stereocenters. The molecule has 1 fully saturated rings. The topological polar surface area (TPSA) is 29.3 Å². The van der Waals surface area contributed by atoms with Gasteiger partial charge in [0.1, 0.15) is 0 Å². The summed E-state index contributed by atoms with van der Waals surface area (Å²) in [5.41, 5.74) is 8.39. The minimum Gasteiger partial charge on any atom is -0.367 e. The highest BCUT2D eigenvalue weighted by atomic mass is 15.2. The average Bonchev–Trinajstić information content (AvgIpc) is 2.67. The van der Waals surface area contributed by atoms with Crippen molar-refractivity contribution in [1.29, 1.82) is 0 Å². The van der Waals surface area contributed by atoms with Crippen LogP contribution in [0.4, 0.5) is 5.69 Å². The number of hydrogen-bond donors (Lipinski definition) is 1. The van der Waals surface area contributed by atoms with E-state index < -0.39 is 0 Å². The molecule has 1 aromatic rings. The van der Waals surface area contributed by atoms with Gasteiger partial charge in [0.2, 0.25) is 0 Å². The highest BCUT2D eigenvalue weighted by Crippen LogP contribution is 2.24. The minimum atomic E-state index is 0.553. The first-order chi connectivity index (χ1) is 6.81. The van der Waals surface area contributed by atoms with E-state index in [4.69, 9.17) is 5.73 Å². The van der Waals surface area contributed by atoms with Gasteiger partial charge in [-0.1, -0.05) is 17.7 Å². The zero-order valence-corrected chi connectivity index (χ0v) is 8.74. The van der Waals surface area contributed by atoms with Crippen LogP contribution in [0.5, 0.6) is 0 Å². The molecule has 1 aliphatic heterocycles. The first kappa shape index (κ1) is 9.53. The van der Waals surface area contributed by atoms with E-state index in [9.17, 15) is 0 Å². The van der Waals surface area contributed by atoms with Gasteiger partial charge < -0.3 is 10.6 Å². The van der Waals surface area contributed by atoms with E-state index in [0.717, 1.165) is 13.1 Å². The standard InChI is InChI=1S/C12H18N2/c1-10-4-6-11(7-5-10)14-8-2-3-12(14)9-13/h4-7,12H,2-3,8-9,13H2,1H3/t12-/m0/s1. The predicted octanol–water partition coefficient (Wildman–Crippen LogP) is 1.92. The van der Waals surface area contributed by atoms with Crippen molar-refractivity contribution in [3.8, 4) is 0 Å². The summed E-state index contributed by atoms with van der Waals surface area (Å²) in [4.78, 5) is 2.43. The van der Waals surface area contributed by atoms with Gasteiger partial charge in [-0.05, 0) is 31.9 Å². The van der Waals surface area contributed by atoms with Crippen LogP contribution in [0.25, 0.3) is 0 Å². The fraction of sp³-hybridized carbons (Fsp3) is 0.500. The quantitative estimate of drug-likeness (QED) is 0.772. The number of benzene rings is 1. The zero-order valence-electron chi connectivity index (χ0n) is 8.74. The van der Waals surface area contributed by atoms with E-state index in [1.807, 2.05) is 0 Å². The molecule has 0 aliphatic carbocycles. The van der Waals surface area contributed by atoms with Crippen molar-refractivity contribution in [2.75, 3.05) is 18.0 Å². The second-order valence-electron chi connectivity index (χ2n) is 4.06. The van der Waals surface area contributed by atoms with Gasteiger partial charge in [-0.3, -0.25) is 0 Å². The Hall–Kier alpha value is -1.02. The third kappa shape index (κ3) is 1.75. The van der Waals surface area contributed by atoms with Gasteiger partial charge in [-0.25, -0.2) is 0 Å². The molecule has 0 aromatic heterocycles. The van der Waals surface area contributed by atoms with Gasteiger partial charge in [-0.2, -0.15) is 0 Å². The summed E-state index contributed by atoms with van der Waals surface area (Å²) in [5, 5.41) is 0. The van der Waals surface area contributed by atoms with E-state index in [2.05, 4.69) is 36.1 Å². The summed E-state index contributed by atoms with van der Waals surface area (Å²) in [7, 11) is 0. The average molecular weight is 190 g/mol. The number of aryl methyl sites for hydroxylation is 1. The molecule has 0 amide bonds. The Bertz CT molecular complexity index is 292. The van der Waals surface area contributed by atoms with Crippen LogP contribution in [-0.4, -0.2) is 19.1 Å². The van der Waals surface area contributed by atoms with Crippen molar-refractivity contribution < 1.29 is 0 Å². The van der Waals surface area contributed by atoms with Crippen LogP contribution in [0.1, 0.15) is 18.4 Å². The molecule has 1 aromatic carbocycles. The van der Waals surface area contributed by atoms with E-state index >= 15 is 0 Å². The molecule has 0 saturated carbocycles. The van der Waals surface area contributed by atoms with Crippen LogP contribution in [0.15, 0.2) is 24.3 Å². The first-order valence-corrected chi connectivity index (χ1v) is 5.34. The molecule has 2 N–H and O–H groups in total. The normalized spacial score (nSPS) is 21.6. The third-order valence-electron chi connectivity index (χ3n) is 3.01. The molecule has 2 rings (SSSR count). The maximum absolute atomic E-state index is 5.75. The smallest absolute Gasteiger partial charge is 0.0412 e. The summed E-state index contributed by atoms with van der Waals surface area (Å²) in [6.45, 7) is 4.05. The Balaban J connectivity index is 2.17. The fourth-order valence-corrected chi connectivity index (χ4v) is 2.16. The van der Waals surface area contributed by atoms with Crippen LogP contribution in [0.3, 0.4) is 0 Å². The van der Waals surface area contributed by atoms with Crippen molar-refractivity contribution >= 4 is 5.69 Å². The lowest BCUT2D eigenvalue weighted by molar-refractivity contribution is 0.677. The van der Waals surface area contributed by atoms with Crippen LogP contribution in [0.2, 0.25) is 0 Å². The second-order valence-corrected chi connectivity index (χ2v) is 4.06. The van der Waals surface area contributed by atoms with Crippen molar-refractivity contribution in [3.05, 3.63) is 29.8 Å². The monoisotopic (exact) mass is 190 g/mol. The van der Waals surface area contributed by atoms with Gasteiger partial charge in [0, 0.05) is 24.8 Å². The van der Waals surface area contributed by atoms with Gasteiger partial charge in [0.15, 0.2) is 0 Å². The van der Waals surface area contributed by atoms with Crippen LogP contribution in [0, 0.1) is 6.92 Å². The highest BCUT2D eigenvalue weighted by Gasteiger charge is 2.22. The molecule has 2 heteroatoms. The Labute approximate surface area is 85.7 Å². The second kappa shape index (κ2) is 4.01. The van der Waals surface area contributed by atoms with Gasteiger partial charge >= 0.3 is 0 Å². The number of hydrogen-bond acceptors (Lipinski definition) is 2. The van der Waals surface area contributed by atoms with E-state index in [0.29, 0.717) is 6.04 Å². The van der Waals surface area contributed by atoms with Gasteiger partial charge in [0.25, 0.3) is 0 Å². The van der Waals surface area contributed by atoms with Crippen molar-refractivity contribution in [1.82, 2.24) is 0 Å². The largest absolute Gasteiger partial charge is 0.367 e. The molecule has 0 radical (unpaired) electrons. The minimum absolute atomic E-state index is 0.553. The lowest BCUT2D eigenvalue weighted by Gasteiger charge is -2.25. The molecular weight excluding hydrogens is 172 g/mol. The molecule has 0 unspecified atom stereocenters. The summed E-state index contributed by atoms with van der Waals surface area (Å²) in [5.74, 6) is 0. The molecule has 1 aliphatic rings. The summed E-state index contributed by atoms with van der Waals surface area (Å²) >= 11 is 0. The Morgan fingerprint density at radius 2 is 2.07 bits per heavy atom. The van der Waals surface area contributed by atoms with Crippen LogP contribution < -0.4 is 10.6 Å². The molecule has 0 spiro atoms. The van der Waals surface area contributed by atoms with Gasteiger partial charge in [0.05, 0.1) is 0 Å². The summed E-state index contributed by atoms with van der Waals surface area (Å²) in [6.07, 6.45) is 2.51. The lowest BCUT2D eigenvalue weighted by Crippen LogP contribution is -2.35. The molecule has 2 nitrogen and oxygen atoms in total. The maximum atomic E-state index is 5.75. The molecule has 76 valence electrons. The SMILES string of the molecule is Cc1ccc(N2CCC[C@H]2CN)cc1. The predicted molar refractivity (Wildman–Crippen MR) is 60.6 cm³/mol. The third-order valence-corrected chi connectivity index (χ3v) is 3.01. The summed E-state index contributed by atoms with van der Waals surface area (Å²) in [6, 6.07) is 9.28. The Kier molecular flexibility index (Phi) is 2.73. The van der Waals surface area contributed by atoms with E-state index in [1.165, 1.54) is 24.1 Å². The van der Waals surface area contributed by atoms with Crippen LogP contribution >= 0.6 is 0 Å². The maximum Gasteiger partial charge on any atom is 0.0412 e. The van der Waals surface area contributed by atoms with Gasteiger partial charge in [-0.15, -0.1) is 0 Å². The molecular formula is C12H18N2. The first-order valence-electron chi connectivity index (χ1n) is 5.34. The van der Waals surface area contributed by atoms with E-state index in [-0.39, 0.29) is 0 Å². The van der Waals surface area contributed by atoms with Crippen molar-refractivity contribution in [3.63, 3.8) is 0 Å². The number of nitrogens with two attached hydrogens (primary N) is 1. The van der Waals surface area contributed by atoms with Crippen molar-refractivity contribution in [2.45, 2.75) is 25.8 Å².